The second-order valence-corrected chi connectivity index (χ2v) is 3.22. The number of esters is 1. The zero-order valence-electron chi connectivity index (χ0n) is 8.49. The Morgan fingerprint density at radius 2 is 2.07 bits per heavy atom. The minimum atomic E-state index is -0.408. The van der Waals surface area contributed by atoms with E-state index in [4.69, 9.17) is 16.3 Å². The van der Waals surface area contributed by atoms with Gasteiger partial charge >= 0.3 is 5.97 Å². The van der Waals surface area contributed by atoms with Crippen LogP contribution in [-0.2, 0) is 9.53 Å². The van der Waals surface area contributed by atoms with Gasteiger partial charge in [-0.2, -0.15) is 0 Å². The van der Waals surface area contributed by atoms with Crippen molar-refractivity contribution < 1.29 is 14.3 Å². The van der Waals surface area contributed by atoms with E-state index in [2.05, 4.69) is 4.74 Å². The van der Waals surface area contributed by atoms with Crippen LogP contribution in [0.25, 0.3) is 6.08 Å². The summed E-state index contributed by atoms with van der Waals surface area (Å²) < 4.78 is 9.50. The fraction of sp³-hybridized carbons (Fsp3) is 0.182. The van der Waals surface area contributed by atoms with E-state index in [1.54, 1.807) is 31.4 Å². The van der Waals surface area contributed by atoms with Gasteiger partial charge in [0.05, 0.1) is 14.2 Å². The lowest BCUT2D eigenvalue weighted by Crippen LogP contribution is -1.93. The zero-order valence-corrected chi connectivity index (χ0v) is 9.25. The van der Waals surface area contributed by atoms with E-state index < -0.39 is 5.97 Å². The number of hydrogen-bond donors (Lipinski definition) is 0. The number of hydrogen-bond acceptors (Lipinski definition) is 3. The molecule has 0 amide bonds. The first kappa shape index (κ1) is 11.6. The topological polar surface area (TPSA) is 35.5 Å². The molecule has 0 aliphatic rings. The maximum Gasteiger partial charge on any atom is 0.330 e. The van der Waals surface area contributed by atoms with E-state index >= 15 is 0 Å². The van der Waals surface area contributed by atoms with E-state index in [-0.39, 0.29) is 0 Å². The minimum Gasteiger partial charge on any atom is -0.497 e. The van der Waals surface area contributed by atoms with Crippen molar-refractivity contribution in [1.29, 1.82) is 0 Å². The molecular weight excluding hydrogens is 216 g/mol. The molecule has 80 valence electrons. The van der Waals surface area contributed by atoms with Crippen LogP contribution in [0.4, 0.5) is 0 Å². The molecule has 0 radical (unpaired) electrons. The second kappa shape index (κ2) is 5.41. The van der Waals surface area contributed by atoms with Crippen LogP contribution in [0.15, 0.2) is 24.3 Å². The smallest absolute Gasteiger partial charge is 0.330 e. The normalized spacial score (nSPS) is 10.3. The maximum atomic E-state index is 10.9. The largest absolute Gasteiger partial charge is 0.497 e. The van der Waals surface area contributed by atoms with Crippen molar-refractivity contribution in [2.75, 3.05) is 14.2 Å². The molecule has 0 bridgehead atoms. The molecule has 3 nitrogen and oxygen atoms in total. The standard InChI is InChI=1S/C11H11ClO3/c1-14-10-6-8(5-9(12)7-10)3-4-11(13)15-2/h3-7H,1-2H3/b4-3+. The first-order valence-electron chi connectivity index (χ1n) is 4.26. The molecule has 0 N–H and O–H groups in total. The SMILES string of the molecule is COC(=O)/C=C/c1cc(Cl)cc(OC)c1. The van der Waals surface area contributed by atoms with Crippen LogP contribution < -0.4 is 4.74 Å². The molecule has 0 saturated heterocycles. The van der Waals surface area contributed by atoms with Crippen LogP contribution in [0, 0.1) is 0 Å². The summed E-state index contributed by atoms with van der Waals surface area (Å²) in [5.74, 6) is 0.237. The van der Waals surface area contributed by atoms with Crippen molar-refractivity contribution in [3.8, 4) is 5.75 Å². The van der Waals surface area contributed by atoms with Gasteiger partial charge in [-0.15, -0.1) is 0 Å². The third-order valence-corrected chi connectivity index (χ3v) is 1.96. The molecule has 0 fully saturated rings. The average molecular weight is 227 g/mol. The summed E-state index contributed by atoms with van der Waals surface area (Å²) in [5.41, 5.74) is 0.782. The number of benzene rings is 1. The molecule has 1 rings (SSSR count). The molecule has 0 aromatic heterocycles. The summed E-state index contributed by atoms with van der Waals surface area (Å²) in [5, 5.41) is 0.555. The van der Waals surface area contributed by atoms with Gasteiger partial charge in [0.2, 0.25) is 0 Å². The van der Waals surface area contributed by atoms with E-state index in [0.717, 1.165) is 5.56 Å². The molecule has 0 aliphatic heterocycles. The van der Waals surface area contributed by atoms with E-state index in [1.165, 1.54) is 13.2 Å². The van der Waals surface area contributed by atoms with Crippen molar-refractivity contribution in [3.05, 3.63) is 34.9 Å². The fourth-order valence-electron chi connectivity index (χ4n) is 1.03. The zero-order chi connectivity index (χ0) is 11.3. The molecule has 0 aliphatic carbocycles. The van der Waals surface area contributed by atoms with Crippen molar-refractivity contribution >= 4 is 23.6 Å². The number of methoxy groups -OCH3 is 2. The van der Waals surface area contributed by atoms with Gasteiger partial charge in [0.25, 0.3) is 0 Å². The van der Waals surface area contributed by atoms with Crippen molar-refractivity contribution in [2.45, 2.75) is 0 Å². The Kier molecular flexibility index (Phi) is 4.18. The van der Waals surface area contributed by atoms with Gasteiger partial charge in [0.1, 0.15) is 5.75 Å². The second-order valence-electron chi connectivity index (χ2n) is 2.78. The molecule has 0 unspecified atom stereocenters. The molecule has 0 spiro atoms. The highest BCUT2D eigenvalue weighted by Gasteiger charge is 1.98. The van der Waals surface area contributed by atoms with Crippen LogP contribution in [0.3, 0.4) is 0 Å². The van der Waals surface area contributed by atoms with Crippen LogP contribution in [-0.4, -0.2) is 20.2 Å². The number of carbonyl (C=O) groups excluding carboxylic acids is 1. The molecule has 1 aromatic carbocycles. The Labute approximate surface area is 93.3 Å². The Hall–Kier alpha value is -1.48. The van der Waals surface area contributed by atoms with Gasteiger partial charge in [-0.3, -0.25) is 0 Å². The Morgan fingerprint density at radius 3 is 2.67 bits per heavy atom. The Morgan fingerprint density at radius 1 is 1.33 bits per heavy atom. The van der Waals surface area contributed by atoms with Crippen molar-refractivity contribution in [3.63, 3.8) is 0 Å². The van der Waals surface area contributed by atoms with Gasteiger partial charge in [-0.05, 0) is 29.8 Å². The Balaban J connectivity index is 2.90. The predicted molar refractivity (Wildman–Crippen MR) is 59.1 cm³/mol. The van der Waals surface area contributed by atoms with E-state index in [0.29, 0.717) is 10.8 Å². The number of carbonyl (C=O) groups is 1. The monoisotopic (exact) mass is 226 g/mol. The Bertz CT molecular complexity index is 385. The summed E-state index contributed by atoms with van der Waals surface area (Å²) >= 11 is 5.85. The van der Waals surface area contributed by atoms with Crippen molar-refractivity contribution in [2.24, 2.45) is 0 Å². The van der Waals surface area contributed by atoms with Crippen LogP contribution >= 0.6 is 11.6 Å². The molecule has 0 saturated carbocycles. The summed E-state index contributed by atoms with van der Waals surface area (Å²) in [6.45, 7) is 0. The molecule has 1 aromatic rings. The van der Waals surface area contributed by atoms with E-state index in [9.17, 15) is 4.79 Å². The van der Waals surface area contributed by atoms with E-state index in [1.807, 2.05) is 0 Å². The molecule has 0 atom stereocenters. The van der Waals surface area contributed by atoms with Crippen LogP contribution in [0.5, 0.6) is 5.75 Å². The highest BCUT2D eigenvalue weighted by molar-refractivity contribution is 6.30. The number of rotatable bonds is 3. The molecule has 15 heavy (non-hydrogen) atoms. The van der Waals surface area contributed by atoms with Gasteiger partial charge in [0, 0.05) is 11.1 Å². The average Bonchev–Trinajstić information content (AvgIpc) is 2.25. The van der Waals surface area contributed by atoms with Gasteiger partial charge in [0.15, 0.2) is 0 Å². The first-order chi connectivity index (χ1) is 7.15. The van der Waals surface area contributed by atoms with Gasteiger partial charge in [-0.1, -0.05) is 11.6 Å². The molecule has 0 heterocycles. The lowest BCUT2D eigenvalue weighted by Gasteiger charge is -2.01. The lowest BCUT2D eigenvalue weighted by molar-refractivity contribution is -0.134. The summed E-state index contributed by atoms with van der Waals surface area (Å²) in [4.78, 5) is 10.9. The highest BCUT2D eigenvalue weighted by Crippen LogP contribution is 2.21. The lowest BCUT2D eigenvalue weighted by atomic mass is 10.2. The first-order valence-corrected chi connectivity index (χ1v) is 4.64. The summed E-state index contributed by atoms with van der Waals surface area (Å²) in [6.07, 6.45) is 2.94. The quantitative estimate of drug-likeness (QED) is 0.587. The highest BCUT2D eigenvalue weighted by atomic mass is 35.5. The summed E-state index contributed by atoms with van der Waals surface area (Å²) in [6, 6.07) is 5.19. The minimum absolute atomic E-state index is 0.408. The fourth-order valence-corrected chi connectivity index (χ4v) is 1.26. The van der Waals surface area contributed by atoms with Gasteiger partial charge < -0.3 is 9.47 Å². The molecular formula is C11H11ClO3. The number of ether oxygens (including phenoxy) is 2. The predicted octanol–water partition coefficient (Wildman–Crippen LogP) is 2.53. The third-order valence-electron chi connectivity index (χ3n) is 1.74. The molecule has 4 heteroatoms. The maximum absolute atomic E-state index is 10.9. The van der Waals surface area contributed by atoms with Crippen LogP contribution in [0.2, 0.25) is 5.02 Å². The van der Waals surface area contributed by atoms with Crippen LogP contribution in [0.1, 0.15) is 5.56 Å². The van der Waals surface area contributed by atoms with Crippen molar-refractivity contribution in [1.82, 2.24) is 0 Å². The van der Waals surface area contributed by atoms with Gasteiger partial charge in [-0.25, -0.2) is 4.79 Å². The number of halogens is 1. The summed E-state index contributed by atoms with van der Waals surface area (Å²) in [7, 11) is 2.88. The third kappa shape index (κ3) is 3.64.